The molecule has 8 nitrogen and oxygen atoms in total. The lowest BCUT2D eigenvalue weighted by atomic mass is 9.46. The van der Waals surface area contributed by atoms with Crippen LogP contribution in [0.15, 0.2) is 11.6 Å². The molecule has 0 unspecified atom stereocenters. The first-order valence-electron chi connectivity index (χ1n) is 15.7. The van der Waals surface area contributed by atoms with Crippen molar-refractivity contribution in [3.05, 3.63) is 11.6 Å². The monoisotopic (exact) mass is 576 g/mol. The van der Waals surface area contributed by atoms with E-state index in [0.717, 1.165) is 31.3 Å². The molecule has 1 saturated heterocycles. The molecule has 5 rings (SSSR count). The molecular weight excluding hydrogens is 524 g/mol. The van der Waals surface area contributed by atoms with Crippen molar-refractivity contribution in [2.24, 2.45) is 28.6 Å². The van der Waals surface area contributed by atoms with Crippen molar-refractivity contribution < 1.29 is 39.1 Å². The van der Waals surface area contributed by atoms with Gasteiger partial charge in [0, 0.05) is 11.3 Å². The maximum atomic E-state index is 13.8. The number of esters is 1. The van der Waals surface area contributed by atoms with Crippen LogP contribution in [0.2, 0.25) is 0 Å². The molecule has 4 aliphatic carbocycles. The van der Waals surface area contributed by atoms with Crippen molar-refractivity contribution in [2.75, 3.05) is 0 Å². The normalized spacial score (nSPS) is 46.3. The Morgan fingerprint density at radius 1 is 1.10 bits per heavy atom. The third-order valence-corrected chi connectivity index (χ3v) is 11.9. The Labute approximate surface area is 245 Å². The molecule has 0 aromatic rings. The molecule has 0 bridgehead atoms. The summed E-state index contributed by atoms with van der Waals surface area (Å²) in [5.74, 6) is -1.61. The Kier molecular flexibility index (Phi) is 7.47. The van der Waals surface area contributed by atoms with Gasteiger partial charge in [-0.3, -0.25) is 4.79 Å². The first-order chi connectivity index (χ1) is 18.8. The largest absolute Gasteiger partial charge is 0.460 e. The Balaban J connectivity index is 1.44. The topological polar surface area (TPSA) is 123 Å². The van der Waals surface area contributed by atoms with Crippen LogP contribution in [0.4, 0.5) is 0 Å². The van der Waals surface area contributed by atoms with Gasteiger partial charge in [-0.25, -0.2) is 4.79 Å². The number of carbonyl (C=O) groups is 2. The van der Waals surface area contributed by atoms with Crippen LogP contribution >= 0.6 is 0 Å². The zero-order valence-corrected chi connectivity index (χ0v) is 26.3. The van der Waals surface area contributed by atoms with Crippen molar-refractivity contribution in [1.82, 2.24) is 0 Å². The van der Waals surface area contributed by atoms with Crippen LogP contribution in [0.3, 0.4) is 0 Å². The van der Waals surface area contributed by atoms with Gasteiger partial charge in [-0.15, -0.1) is 0 Å². The fraction of sp³-hybridized carbons (Fsp3) is 0.879. The van der Waals surface area contributed by atoms with Gasteiger partial charge in [0.15, 0.2) is 11.6 Å². The number of ether oxygens (including phenoxy) is 3. The van der Waals surface area contributed by atoms with E-state index < -0.39 is 40.1 Å². The molecule has 0 spiro atoms. The fourth-order valence-corrected chi connectivity index (χ4v) is 9.80. The van der Waals surface area contributed by atoms with Crippen molar-refractivity contribution in [3.63, 3.8) is 0 Å². The first-order valence-corrected chi connectivity index (χ1v) is 15.7. The van der Waals surface area contributed by atoms with E-state index in [9.17, 15) is 24.9 Å². The molecule has 3 saturated carbocycles. The zero-order valence-electron chi connectivity index (χ0n) is 26.3. The van der Waals surface area contributed by atoms with Crippen LogP contribution in [0.1, 0.15) is 113 Å². The van der Waals surface area contributed by atoms with Crippen molar-refractivity contribution in [2.45, 2.75) is 154 Å². The number of rotatable bonds is 6. The SMILES string of the molecule is C[C@@H](O)C(=O)O[C@H]1CC[C@@]2(C)[C@@H](C1)C(=O)C=C1[C@@H]2CC[C@]2(C)[C@@H]([C@@]3(C)OC(C)(C)O[C@@H]3CCC(C)(C)O)CC[C@@]12O. The molecule has 0 radical (unpaired) electrons. The Morgan fingerprint density at radius 2 is 1.78 bits per heavy atom. The highest BCUT2D eigenvalue weighted by molar-refractivity contribution is 5.95. The number of hydrogen-bond acceptors (Lipinski definition) is 8. The highest BCUT2D eigenvalue weighted by atomic mass is 16.8. The van der Waals surface area contributed by atoms with Crippen LogP contribution in [-0.2, 0) is 23.8 Å². The number of aliphatic hydroxyl groups excluding tert-OH is 1. The average Bonchev–Trinajstić information content (AvgIpc) is 3.27. The van der Waals surface area contributed by atoms with Crippen LogP contribution in [0.5, 0.6) is 0 Å². The summed E-state index contributed by atoms with van der Waals surface area (Å²) in [7, 11) is 0. The second-order valence-electron chi connectivity index (χ2n) is 15.7. The van der Waals surface area contributed by atoms with E-state index in [1.165, 1.54) is 6.92 Å². The number of ketones is 1. The molecule has 5 aliphatic rings. The van der Waals surface area contributed by atoms with Crippen LogP contribution in [-0.4, -0.2) is 68.0 Å². The van der Waals surface area contributed by atoms with Gasteiger partial charge in [-0.1, -0.05) is 13.8 Å². The van der Waals surface area contributed by atoms with Gasteiger partial charge in [0.2, 0.25) is 0 Å². The third-order valence-electron chi connectivity index (χ3n) is 11.9. The summed E-state index contributed by atoms with van der Waals surface area (Å²) in [6, 6.07) is 0. The predicted octanol–water partition coefficient (Wildman–Crippen LogP) is 4.61. The second kappa shape index (κ2) is 9.85. The molecule has 10 atom stereocenters. The molecule has 0 aromatic carbocycles. The number of aliphatic hydroxyl groups is 3. The van der Waals surface area contributed by atoms with Gasteiger partial charge in [-0.05, 0) is 128 Å². The van der Waals surface area contributed by atoms with Gasteiger partial charge in [-0.2, -0.15) is 0 Å². The lowest BCUT2D eigenvalue weighted by molar-refractivity contribution is -0.191. The van der Waals surface area contributed by atoms with Crippen molar-refractivity contribution >= 4 is 11.8 Å². The van der Waals surface area contributed by atoms with Gasteiger partial charge in [0.1, 0.15) is 12.2 Å². The number of fused-ring (bicyclic) bond motifs is 5. The summed E-state index contributed by atoms with van der Waals surface area (Å²) in [5.41, 5.74) is -2.54. The van der Waals surface area contributed by atoms with Crippen molar-refractivity contribution in [1.29, 1.82) is 0 Å². The van der Waals surface area contributed by atoms with E-state index in [4.69, 9.17) is 14.2 Å². The van der Waals surface area contributed by atoms with Gasteiger partial charge in [0.05, 0.1) is 22.9 Å². The van der Waals surface area contributed by atoms with E-state index in [0.29, 0.717) is 32.1 Å². The minimum absolute atomic E-state index is 0.00619. The molecule has 1 aliphatic heterocycles. The van der Waals surface area contributed by atoms with E-state index in [-0.39, 0.29) is 41.2 Å². The smallest absolute Gasteiger partial charge is 0.334 e. The van der Waals surface area contributed by atoms with E-state index in [2.05, 4.69) is 20.8 Å². The van der Waals surface area contributed by atoms with Gasteiger partial charge >= 0.3 is 5.97 Å². The molecular formula is C33H52O8. The van der Waals surface area contributed by atoms with E-state index >= 15 is 0 Å². The standard InChI is InChI=1S/C33H52O8/c1-19(34)27(36)39-20-9-14-30(6)21-10-15-31(7)25(11-16-33(31,38)22(21)18-24(35)23(30)17-20)32(8)26(12-13-28(2,3)37)40-29(4,5)41-32/h18-21,23,25-26,34,37-38H,9-17H2,1-8H3/t19-,20+,21+,23+,25+,26-,30-,31-,32-,33-/m1/s1. The fourth-order valence-electron chi connectivity index (χ4n) is 9.80. The lowest BCUT2D eigenvalue weighted by Gasteiger charge is -2.60. The summed E-state index contributed by atoms with van der Waals surface area (Å²) < 4.78 is 18.7. The van der Waals surface area contributed by atoms with E-state index in [1.54, 1.807) is 6.08 Å². The minimum Gasteiger partial charge on any atom is -0.460 e. The van der Waals surface area contributed by atoms with Gasteiger partial charge < -0.3 is 29.5 Å². The highest BCUT2D eigenvalue weighted by Gasteiger charge is 2.71. The summed E-state index contributed by atoms with van der Waals surface area (Å²) in [5, 5.41) is 32.8. The maximum Gasteiger partial charge on any atom is 0.334 e. The lowest BCUT2D eigenvalue weighted by Crippen LogP contribution is -2.61. The molecule has 8 heteroatoms. The Hall–Kier alpha value is -1.32. The zero-order chi connectivity index (χ0) is 30.4. The molecule has 41 heavy (non-hydrogen) atoms. The van der Waals surface area contributed by atoms with Gasteiger partial charge in [0.25, 0.3) is 0 Å². The summed E-state index contributed by atoms with van der Waals surface area (Å²) in [4.78, 5) is 25.8. The molecule has 0 aromatic heterocycles. The maximum absolute atomic E-state index is 13.8. The van der Waals surface area contributed by atoms with Crippen LogP contribution in [0, 0.1) is 28.6 Å². The molecule has 232 valence electrons. The van der Waals surface area contributed by atoms with Crippen molar-refractivity contribution in [3.8, 4) is 0 Å². The van der Waals surface area contributed by atoms with Crippen LogP contribution < -0.4 is 0 Å². The third kappa shape index (κ3) is 4.94. The summed E-state index contributed by atoms with van der Waals surface area (Å²) >= 11 is 0. The summed E-state index contributed by atoms with van der Waals surface area (Å²) in [6.07, 6.45) is 5.99. The predicted molar refractivity (Wildman–Crippen MR) is 153 cm³/mol. The molecule has 1 heterocycles. The number of carbonyl (C=O) groups excluding carboxylic acids is 2. The number of allylic oxidation sites excluding steroid dienone is 1. The first kappa shape index (κ1) is 31.1. The molecule has 4 fully saturated rings. The molecule has 3 N–H and O–H groups in total. The average molecular weight is 577 g/mol. The second-order valence-corrected chi connectivity index (χ2v) is 15.7. The Morgan fingerprint density at radius 3 is 2.41 bits per heavy atom. The minimum atomic E-state index is -1.19. The van der Waals surface area contributed by atoms with Crippen LogP contribution in [0.25, 0.3) is 0 Å². The quantitative estimate of drug-likeness (QED) is 0.392. The molecule has 0 amide bonds. The number of hydrogen-bond donors (Lipinski definition) is 3. The van der Waals surface area contributed by atoms with E-state index in [1.807, 2.05) is 27.7 Å². The summed E-state index contributed by atoms with van der Waals surface area (Å²) in [6.45, 7) is 15.4. The highest BCUT2D eigenvalue weighted by Crippen LogP contribution is 2.70. The Bertz CT molecular complexity index is 1110.